The van der Waals surface area contributed by atoms with Crippen LogP contribution in [0.2, 0.25) is 0 Å². The fourth-order valence-corrected chi connectivity index (χ4v) is 3.52. The Bertz CT molecular complexity index is 1480. The van der Waals surface area contributed by atoms with Gasteiger partial charge in [-0.25, -0.2) is 16.8 Å². The fourth-order valence-electron chi connectivity index (χ4n) is 2.58. The van der Waals surface area contributed by atoms with Gasteiger partial charge in [-0.15, -0.1) is 10.2 Å². The van der Waals surface area contributed by atoms with E-state index in [9.17, 15) is 25.9 Å². The molecule has 0 unspecified atom stereocenters. The van der Waals surface area contributed by atoms with Gasteiger partial charge in [0.2, 0.25) is 0 Å². The van der Waals surface area contributed by atoms with E-state index in [2.05, 4.69) is 20.5 Å². The number of anilines is 2. The monoisotopic (exact) mass is 534 g/mol. The van der Waals surface area contributed by atoms with Crippen LogP contribution in [0, 0.1) is 6.92 Å². The zero-order chi connectivity index (χ0) is 24.4. The summed E-state index contributed by atoms with van der Waals surface area (Å²) in [6, 6.07) is 11.2. The van der Waals surface area contributed by atoms with Crippen molar-refractivity contribution in [3.63, 3.8) is 0 Å². The first-order valence-electron chi connectivity index (χ1n) is 9.00. The van der Waals surface area contributed by atoms with Gasteiger partial charge >= 0.3 is 59.1 Å². The van der Waals surface area contributed by atoms with E-state index in [0.717, 1.165) is 24.3 Å². The quantitative estimate of drug-likeness (QED) is 0.153. The molecular weight excluding hydrogens is 518 g/mol. The van der Waals surface area contributed by atoms with Gasteiger partial charge in [-0.1, -0.05) is 0 Å². The summed E-state index contributed by atoms with van der Waals surface area (Å²) in [7, 11) is -9.15. The summed E-state index contributed by atoms with van der Waals surface area (Å²) < 4.78 is 66.0. The van der Waals surface area contributed by atoms with Crippen LogP contribution in [0.15, 0.2) is 84.8 Å². The Morgan fingerprint density at radius 2 is 1.06 bits per heavy atom. The van der Waals surface area contributed by atoms with Crippen LogP contribution >= 0.6 is 0 Å². The number of hydrogen-bond donors (Lipinski definition) is 2. The second-order valence-electron chi connectivity index (χ2n) is 6.68. The van der Waals surface area contributed by atoms with Gasteiger partial charge in [-0.3, -0.25) is 0 Å². The molecule has 4 N–H and O–H groups in total. The average Bonchev–Trinajstić information content (AvgIpc) is 2.74. The molecule has 0 aromatic heterocycles. The van der Waals surface area contributed by atoms with Crippen molar-refractivity contribution in [1.82, 2.24) is 0 Å². The molecule has 0 aliphatic carbocycles. The van der Waals surface area contributed by atoms with Gasteiger partial charge in [0.15, 0.2) is 0 Å². The third kappa shape index (κ3) is 8.15. The third-order valence-corrected chi connectivity index (χ3v) is 6.05. The number of azo groups is 2. The predicted molar refractivity (Wildman–Crippen MR) is 117 cm³/mol. The van der Waals surface area contributed by atoms with Gasteiger partial charge in [-0.05, 0) is 67.1 Å². The zero-order valence-corrected chi connectivity index (χ0v) is 24.5. The Morgan fingerprint density at radius 3 is 1.46 bits per heavy atom. The summed E-state index contributed by atoms with van der Waals surface area (Å²) in [5.74, 6) is 0. The van der Waals surface area contributed by atoms with Crippen LogP contribution in [-0.4, -0.2) is 25.9 Å². The van der Waals surface area contributed by atoms with Crippen molar-refractivity contribution in [2.24, 2.45) is 20.5 Å². The molecule has 0 fully saturated rings. The van der Waals surface area contributed by atoms with E-state index >= 15 is 0 Å². The van der Waals surface area contributed by atoms with Crippen LogP contribution < -0.4 is 70.6 Å². The second-order valence-corrected chi connectivity index (χ2v) is 9.44. The number of hydrogen-bond acceptors (Lipinski definition) is 12. The van der Waals surface area contributed by atoms with Gasteiger partial charge in [0.1, 0.15) is 31.6 Å². The van der Waals surface area contributed by atoms with Crippen molar-refractivity contribution in [2.75, 3.05) is 11.5 Å². The van der Waals surface area contributed by atoms with E-state index in [1.165, 1.54) is 24.3 Å². The number of nitrogens with zero attached hydrogens (tertiary/aromatic N) is 4. The van der Waals surface area contributed by atoms with Gasteiger partial charge in [0.25, 0.3) is 0 Å². The van der Waals surface area contributed by atoms with Gasteiger partial charge < -0.3 is 20.6 Å². The molecule has 0 atom stereocenters. The number of aryl methyl sites for hydroxylation is 1. The molecule has 3 aromatic rings. The fraction of sp³-hybridized carbons (Fsp3) is 0.0526. The maximum absolute atomic E-state index is 11.0. The minimum atomic E-state index is -4.58. The van der Waals surface area contributed by atoms with Gasteiger partial charge in [0, 0.05) is 0 Å². The van der Waals surface area contributed by atoms with Crippen molar-refractivity contribution < 1.29 is 85.1 Å². The van der Waals surface area contributed by atoms with Crippen LogP contribution in [0.1, 0.15) is 5.56 Å². The van der Waals surface area contributed by atoms with Crippen molar-refractivity contribution in [3.8, 4) is 0 Å². The van der Waals surface area contributed by atoms with Crippen LogP contribution in [0.25, 0.3) is 0 Å². The molecule has 0 saturated heterocycles. The number of nitrogen functional groups attached to an aromatic ring is 2. The molecule has 0 radical (unpaired) electrons. The number of benzene rings is 3. The largest absolute Gasteiger partial charge is 1.00 e. The van der Waals surface area contributed by atoms with E-state index in [1.54, 1.807) is 13.0 Å². The normalized spacial score (nSPS) is 11.9. The van der Waals surface area contributed by atoms with Crippen molar-refractivity contribution in [3.05, 3.63) is 60.2 Å². The Morgan fingerprint density at radius 1 is 0.657 bits per heavy atom. The first kappa shape index (κ1) is 31.3. The minimum absolute atomic E-state index is 0. The predicted octanol–water partition coefficient (Wildman–Crippen LogP) is -2.19. The van der Waals surface area contributed by atoms with Crippen molar-refractivity contribution in [1.29, 1.82) is 0 Å². The molecule has 0 aliphatic rings. The Balaban J connectivity index is 0.00000306. The summed E-state index contributed by atoms with van der Waals surface area (Å²) in [6.07, 6.45) is 0. The summed E-state index contributed by atoms with van der Waals surface area (Å²) in [5, 5.41) is 16.0. The molecule has 0 saturated carbocycles. The van der Waals surface area contributed by atoms with Crippen LogP contribution in [-0.2, 0) is 20.2 Å². The SMILES string of the molecule is Cc1cc(N=Nc2ccc(S(=O)(=O)[O-])cc2)c(N)c(N=Nc2ccc(S(=O)(=O)[O-])cc2)c1N.[Na+].[Na+]. The summed E-state index contributed by atoms with van der Waals surface area (Å²) in [5.41, 5.74) is 13.9. The summed E-state index contributed by atoms with van der Waals surface area (Å²) in [6.45, 7) is 1.69. The van der Waals surface area contributed by atoms with E-state index in [4.69, 9.17) is 11.5 Å². The molecule has 35 heavy (non-hydrogen) atoms. The molecule has 3 rings (SSSR count). The van der Waals surface area contributed by atoms with E-state index in [-0.39, 0.29) is 93.2 Å². The summed E-state index contributed by atoms with van der Waals surface area (Å²) in [4.78, 5) is -0.799. The molecule has 172 valence electrons. The molecule has 0 bridgehead atoms. The molecule has 0 aliphatic heterocycles. The number of nitrogens with two attached hydrogens (primary N) is 2. The summed E-state index contributed by atoms with van der Waals surface area (Å²) >= 11 is 0. The average molecular weight is 534 g/mol. The van der Waals surface area contributed by atoms with Crippen LogP contribution in [0.5, 0.6) is 0 Å². The molecule has 0 spiro atoms. The van der Waals surface area contributed by atoms with Crippen LogP contribution in [0.4, 0.5) is 34.1 Å². The Kier molecular flexibility index (Phi) is 11.2. The standard InChI is InChI=1S/C19H18N6O6S2.2Na/c1-11-10-16(24-22-12-2-6-14(7-3-12)32(26,27)28)18(21)19(17(11)20)25-23-13-4-8-15(9-5-13)33(29,30)31;;/h2-10H,20-21H2,1H3,(H,26,27,28)(H,29,30,31);;/q;2*+1/p-2. The van der Waals surface area contributed by atoms with Crippen LogP contribution in [0.3, 0.4) is 0 Å². The van der Waals surface area contributed by atoms with Gasteiger partial charge in [-0.2, -0.15) is 10.2 Å². The van der Waals surface area contributed by atoms with E-state index < -0.39 is 30.0 Å². The third-order valence-electron chi connectivity index (χ3n) is 4.35. The molecule has 3 aromatic carbocycles. The maximum Gasteiger partial charge on any atom is 1.00 e. The zero-order valence-electron chi connectivity index (χ0n) is 18.9. The van der Waals surface area contributed by atoms with E-state index in [0.29, 0.717) is 5.56 Å². The molecule has 16 heteroatoms. The first-order chi connectivity index (χ1) is 15.4. The smallest absolute Gasteiger partial charge is 0.744 e. The topological polar surface area (TPSA) is 216 Å². The Labute approximate surface area is 246 Å². The Hall–Kier alpha value is -1.72. The molecule has 0 heterocycles. The molecule has 0 amide bonds. The molecular formula is C19H16N6Na2O6S2. The van der Waals surface area contributed by atoms with Gasteiger partial charge in [0.05, 0.1) is 32.5 Å². The minimum Gasteiger partial charge on any atom is -0.744 e. The van der Waals surface area contributed by atoms with Crippen molar-refractivity contribution in [2.45, 2.75) is 16.7 Å². The first-order valence-corrected chi connectivity index (χ1v) is 11.8. The van der Waals surface area contributed by atoms with Crippen molar-refractivity contribution >= 4 is 54.4 Å². The maximum atomic E-state index is 11.0. The second kappa shape index (κ2) is 12.5. The number of rotatable bonds is 6. The molecule has 12 nitrogen and oxygen atoms in total. The van der Waals surface area contributed by atoms with E-state index in [1.807, 2.05) is 0 Å².